The highest BCUT2D eigenvalue weighted by atomic mass is 19.1. The first-order valence-corrected chi connectivity index (χ1v) is 9.42. The third-order valence-electron chi connectivity index (χ3n) is 5.19. The third-order valence-corrected chi connectivity index (χ3v) is 5.19. The van der Waals surface area contributed by atoms with Crippen molar-refractivity contribution in [1.82, 2.24) is 15.2 Å². The van der Waals surface area contributed by atoms with Gasteiger partial charge in [-0.3, -0.25) is 4.99 Å². The number of aliphatic imine (C=N–C) groups is 1. The fourth-order valence-corrected chi connectivity index (χ4v) is 3.57. The minimum absolute atomic E-state index is 0.199. The molecule has 142 valence electrons. The van der Waals surface area contributed by atoms with Gasteiger partial charge in [-0.2, -0.15) is 0 Å². The Morgan fingerprint density at radius 1 is 1.38 bits per heavy atom. The molecule has 1 aromatic carbocycles. The van der Waals surface area contributed by atoms with Crippen LogP contribution in [-0.2, 0) is 11.2 Å². The van der Waals surface area contributed by atoms with Crippen LogP contribution in [0.1, 0.15) is 24.8 Å². The number of nitrogens with zero attached hydrogens (tertiary/aromatic N) is 2. The molecule has 0 amide bonds. The largest absolute Gasteiger partial charge is 0.381 e. The first-order chi connectivity index (χ1) is 12.7. The van der Waals surface area contributed by atoms with Gasteiger partial charge in [-0.25, -0.2) is 4.39 Å². The summed E-state index contributed by atoms with van der Waals surface area (Å²) in [5.74, 6) is 1.46. The van der Waals surface area contributed by atoms with Crippen LogP contribution < -0.4 is 5.32 Å². The minimum atomic E-state index is -0.199. The van der Waals surface area contributed by atoms with E-state index in [1.807, 2.05) is 13.2 Å². The number of aromatic amines is 1. The number of aromatic nitrogens is 1. The molecule has 5 nitrogen and oxygen atoms in total. The number of hydrogen-bond acceptors (Lipinski definition) is 2. The van der Waals surface area contributed by atoms with E-state index in [2.05, 4.69) is 27.2 Å². The number of fused-ring (bicyclic) bond motifs is 1. The standard InChI is InChI=1S/C20H29FN4O/c1-22-20(25(2)10-6-15-7-11-26-12-8-15)23-9-5-16-14-24-19-4-3-17(21)13-18(16)19/h3-4,13-15,24H,5-12H2,1-2H3,(H,22,23). The SMILES string of the molecule is CN=C(NCCc1c[nH]c2ccc(F)cc12)N(C)CCC1CCOCC1. The molecule has 0 atom stereocenters. The van der Waals surface area contributed by atoms with Crippen LogP contribution in [0.2, 0.25) is 0 Å². The van der Waals surface area contributed by atoms with Gasteiger partial charge in [-0.15, -0.1) is 0 Å². The Hall–Kier alpha value is -2.08. The van der Waals surface area contributed by atoms with Crippen LogP contribution in [0, 0.1) is 11.7 Å². The number of hydrogen-bond donors (Lipinski definition) is 2. The van der Waals surface area contributed by atoms with Crippen LogP contribution in [0.4, 0.5) is 4.39 Å². The number of H-pyrrole nitrogens is 1. The quantitative estimate of drug-likeness (QED) is 0.615. The number of rotatable bonds is 6. The smallest absolute Gasteiger partial charge is 0.193 e. The Morgan fingerprint density at radius 3 is 2.96 bits per heavy atom. The summed E-state index contributed by atoms with van der Waals surface area (Å²) < 4.78 is 18.9. The molecular weight excluding hydrogens is 331 g/mol. The van der Waals surface area contributed by atoms with E-state index in [1.165, 1.54) is 12.5 Å². The fourth-order valence-electron chi connectivity index (χ4n) is 3.57. The van der Waals surface area contributed by atoms with Crippen LogP contribution in [-0.4, -0.2) is 56.2 Å². The van der Waals surface area contributed by atoms with Crippen molar-refractivity contribution in [1.29, 1.82) is 0 Å². The number of ether oxygens (including phenoxy) is 1. The Bertz CT molecular complexity index is 736. The zero-order chi connectivity index (χ0) is 18.4. The molecule has 0 bridgehead atoms. The molecule has 26 heavy (non-hydrogen) atoms. The molecule has 0 spiro atoms. The van der Waals surface area contributed by atoms with E-state index >= 15 is 0 Å². The summed E-state index contributed by atoms with van der Waals surface area (Å²) in [6.07, 6.45) is 6.27. The van der Waals surface area contributed by atoms with E-state index in [1.54, 1.807) is 12.1 Å². The van der Waals surface area contributed by atoms with Crippen LogP contribution in [0.5, 0.6) is 0 Å². The summed E-state index contributed by atoms with van der Waals surface area (Å²) in [5, 5.41) is 4.37. The maximum atomic E-state index is 13.5. The molecule has 1 aliphatic rings. The Labute approximate surface area is 154 Å². The summed E-state index contributed by atoms with van der Waals surface area (Å²) in [6.45, 7) is 3.54. The molecule has 3 rings (SSSR count). The van der Waals surface area contributed by atoms with Crippen molar-refractivity contribution in [3.8, 4) is 0 Å². The van der Waals surface area contributed by atoms with E-state index in [0.29, 0.717) is 0 Å². The van der Waals surface area contributed by atoms with Gasteiger partial charge in [0, 0.05) is 57.5 Å². The summed E-state index contributed by atoms with van der Waals surface area (Å²) in [5.41, 5.74) is 2.09. The lowest BCUT2D eigenvalue weighted by atomic mass is 9.96. The zero-order valence-corrected chi connectivity index (χ0v) is 15.7. The second kappa shape index (κ2) is 9.03. The first kappa shape index (κ1) is 18.7. The van der Waals surface area contributed by atoms with Gasteiger partial charge in [0.15, 0.2) is 5.96 Å². The van der Waals surface area contributed by atoms with Crippen molar-refractivity contribution in [2.75, 3.05) is 40.4 Å². The highest BCUT2D eigenvalue weighted by Gasteiger charge is 2.15. The van der Waals surface area contributed by atoms with Gasteiger partial charge in [0.2, 0.25) is 0 Å². The van der Waals surface area contributed by atoms with Crippen LogP contribution in [0.15, 0.2) is 29.4 Å². The van der Waals surface area contributed by atoms with E-state index in [4.69, 9.17) is 4.74 Å². The molecule has 1 aliphatic heterocycles. The Morgan fingerprint density at radius 2 is 2.19 bits per heavy atom. The van der Waals surface area contributed by atoms with Crippen molar-refractivity contribution in [2.45, 2.75) is 25.7 Å². The van der Waals surface area contributed by atoms with Gasteiger partial charge in [-0.1, -0.05) is 0 Å². The van der Waals surface area contributed by atoms with Crippen molar-refractivity contribution < 1.29 is 9.13 Å². The summed E-state index contributed by atoms with van der Waals surface area (Å²) in [4.78, 5) is 9.77. The first-order valence-electron chi connectivity index (χ1n) is 9.42. The van der Waals surface area contributed by atoms with Gasteiger partial charge < -0.3 is 19.9 Å². The van der Waals surface area contributed by atoms with Crippen LogP contribution in [0.25, 0.3) is 10.9 Å². The van der Waals surface area contributed by atoms with E-state index in [0.717, 1.165) is 73.9 Å². The third kappa shape index (κ3) is 4.75. The van der Waals surface area contributed by atoms with Crippen molar-refractivity contribution in [3.63, 3.8) is 0 Å². The zero-order valence-electron chi connectivity index (χ0n) is 15.7. The molecule has 0 aliphatic carbocycles. The molecule has 2 N–H and O–H groups in total. The molecular formula is C20H29FN4O. The van der Waals surface area contributed by atoms with Gasteiger partial charge in [-0.05, 0) is 55.4 Å². The van der Waals surface area contributed by atoms with Crippen molar-refractivity contribution >= 4 is 16.9 Å². The molecule has 0 unspecified atom stereocenters. The van der Waals surface area contributed by atoms with Gasteiger partial charge >= 0.3 is 0 Å². The minimum Gasteiger partial charge on any atom is -0.381 e. The maximum Gasteiger partial charge on any atom is 0.193 e. The lowest BCUT2D eigenvalue weighted by Gasteiger charge is -2.26. The average Bonchev–Trinajstić information content (AvgIpc) is 3.06. The molecule has 6 heteroatoms. The monoisotopic (exact) mass is 360 g/mol. The topological polar surface area (TPSA) is 52.7 Å². The fraction of sp³-hybridized carbons (Fsp3) is 0.550. The van der Waals surface area contributed by atoms with Crippen molar-refractivity contribution in [2.24, 2.45) is 10.9 Å². The average molecular weight is 360 g/mol. The van der Waals surface area contributed by atoms with E-state index < -0.39 is 0 Å². The second-order valence-corrected chi connectivity index (χ2v) is 6.99. The lowest BCUT2D eigenvalue weighted by molar-refractivity contribution is 0.0625. The number of benzene rings is 1. The second-order valence-electron chi connectivity index (χ2n) is 6.99. The lowest BCUT2D eigenvalue weighted by Crippen LogP contribution is -2.40. The molecule has 1 fully saturated rings. The van der Waals surface area contributed by atoms with E-state index in [9.17, 15) is 4.39 Å². The summed E-state index contributed by atoms with van der Waals surface area (Å²) >= 11 is 0. The highest BCUT2D eigenvalue weighted by molar-refractivity contribution is 5.83. The van der Waals surface area contributed by atoms with Gasteiger partial charge in [0.05, 0.1) is 0 Å². The number of halogens is 1. The van der Waals surface area contributed by atoms with Crippen molar-refractivity contribution in [3.05, 3.63) is 35.8 Å². The molecule has 2 aromatic rings. The molecule has 0 saturated carbocycles. The number of guanidine groups is 1. The predicted octanol–water partition coefficient (Wildman–Crippen LogP) is 3.17. The Kier molecular flexibility index (Phi) is 6.50. The van der Waals surface area contributed by atoms with E-state index in [-0.39, 0.29) is 5.82 Å². The maximum absolute atomic E-state index is 13.5. The highest BCUT2D eigenvalue weighted by Crippen LogP contribution is 2.20. The summed E-state index contributed by atoms with van der Waals surface area (Å²) in [7, 11) is 3.89. The summed E-state index contributed by atoms with van der Waals surface area (Å²) in [6, 6.07) is 4.86. The molecule has 0 radical (unpaired) electrons. The van der Waals surface area contributed by atoms with Gasteiger partial charge in [0.25, 0.3) is 0 Å². The predicted molar refractivity (Wildman–Crippen MR) is 104 cm³/mol. The Balaban J connectivity index is 1.47. The molecule has 2 heterocycles. The van der Waals surface area contributed by atoms with Gasteiger partial charge in [0.1, 0.15) is 5.82 Å². The van der Waals surface area contributed by atoms with Crippen LogP contribution in [0.3, 0.4) is 0 Å². The number of nitrogens with one attached hydrogen (secondary N) is 2. The molecule has 1 saturated heterocycles. The van der Waals surface area contributed by atoms with Crippen LogP contribution >= 0.6 is 0 Å². The normalized spacial score (nSPS) is 16.2. The molecule has 1 aromatic heterocycles.